The molecule has 0 aliphatic heterocycles. The Hall–Kier alpha value is -1.11. The van der Waals surface area contributed by atoms with Crippen molar-refractivity contribution in [3.63, 3.8) is 0 Å². The third kappa shape index (κ3) is 1.39. The highest BCUT2D eigenvalue weighted by Gasteiger charge is 2.41. The molecule has 1 saturated carbocycles. The van der Waals surface area contributed by atoms with Gasteiger partial charge in [-0.15, -0.1) is 0 Å². The van der Waals surface area contributed by atoms with E-state index in [4.69, 9.17) is 0 Å². The zero-order chi connectivity index (χ0) is 9.42. The molecule has 0 aromatic heterocycles. The van der Waals surface area contributed by atoms with E-state index in [0.29, 0.717) is 11.8 Å². The van der Waals surface area contributed by atoms with Crippen molar-refractivity contribution >= 4 is 0 Å². The molecular weight excluding hydrogens is 163 g/mol. The van der Waals surface area contributed by atoms with Crippen LogP contribution in [0.5, 0.6) is 0 Å². The summed E-state index contributed by atoms with van der Waals surface area (Å²) in [6, 6.07) is 6.77. The molecule has 0 saturated heterocycles. The summed E-state index contributed by atoms with van der Waals surface area (Å²) in [7, 11) is 0. The fraction of sp³-hybridized carbons (Fsp3) is 0.333. The molecule has 1 aliphatic rings. The van der Waals surface area contributed by atoms with Crippen LogP contribution in [0.3, 0.4) is 0 Å². The third-order valence-electron chi connectivity index (χ3n) is 2.84. The van der Waals surface area contributed by atoms with E-state index >= 15 is 0 Å². The lowest BCUT2D eigenvalue weighted by Gasteiger charge is -1.97. The van der Waals surface area contributed by atoms with Gasteiger partial charge >= 0.3 is 0 Å². The summed E-state index contributed by atoms with van der Waals surface area (Å²) >= 11 is 0. The van der Waals surface area contributed by atoms with Crippen molar-refractivity contribution in [3.05, 3.63) is 47.8 Å². The standard InChI is InChI=1S/C12H13F/c1-3-11-8(2)12(11)9-4-6-10(13)7-5-9/h4-7,11-12H,2-3H2,1H3. The van der Waals surface area contributed by atoms with Gasteiger partial charge in [-0.1, -0.05) is 31.2 Å². The molecule has 2 atom stereocenters. The van der Waals surface area contributed by atoms with E-state index in [0.717, 1.165) is 6.42 Å². The van der Waals surface area contributed by atoms with Crippen LogP contribution in [0, 0.1) is 11.7 Å². The third-order valence-corrected chi connectivity index (χ3v) is 2.84. The minimum atomic E-state index is -0.164. The van der Waals surface area contributed by atoms with Crippen molar-refractivity contribution in [2.24, 2.45) is 5.92 Å². The predicted molar refractivity (Wildman–Crippen MR) is 52.1 cm³/mol. The van der Waals surface area contributed by atoms with Gasteiger partial charge in [-0.05, 0) is 30.0 Å². The first kappa shape index (κ1) is 8.49. The van der Waals surface area contributed by atoms with Gasteiger partial charge in [0.2, 0.25) is 0 Å². The maximum atomic E-state index is 12.6. The zero-order valence-electron chi connectivity index (χ0n) is 7.76. The molecule has 1 heteroatoms. The smallest absolute Gasteiger partial charge is 0.123 e. The van der Waals surface area contributed by atoms with Crippen LogP contribution in [0.4, 0.5) is 4.39 Å². The highest BCUT2D eigenvalue weighted by molar-refractivity contribution is 5.43. The first-order chi connectivity index (χ1) is 6.24. The Morgan fingerprint density at radius 2 is 1.92 bits per heavy atom. The Balaban J connectivity index is 2.19. The fourth-order valence-electron chi connectivity index (χ4n) is 1.99. The second-order valence-electron chi connectivity index (χ2n) is 3.62. The molecular formula is C12H13F. The SMILES string of the molecule is C=C1C(CC)C1c1ccc(F)cc1. The monoisotopic (exact) mass is 176 g/mol. The molecule has 0 bridgehead atoms. The van der Waals surface area contributed by atoms with E-state index in [1.807, 2.05) is 12.1 Å². The van der Waals surface area contributed by atoms with Crippen molar-refractivity contribution < 1.29 is 4.39 Å². The largest absolute Gasteiger partial charge is 0.207 e. The lowest BCUT2D eigenvalue weighted by atomic mass is 10.1. The first-order valence-corrected chi connectivity index (χ1v) is 4.68. The molecule has 0 heterocycles. The maximum absolute atomic E-state index is 12.6. The van der Waals surface area contributed by atoms with Gasteiger partial charge < -0.3 is 0 Å². The number of allylic oxidation sites excluding steroid dienone is 1. The highest BCUT2D eigenvalue weighted by Crippen LogP contribution is 2.53. The van der Waals surface area contributed by atoms with Crippen LogP contribution < -0.4 is 0 Å². The van der Waals surface area contributed by atoms with Crippen LogP contribution in [0.25, 0.3) is 0 Å². The van der Waals surface area contributed by atoms with Crippen LogP contribution in [0.15, 0.2) is 36.4 Å². The number of halogens is 1. The molecule has 0 radical (unpaired) electrons. The molecule has 1 aromatic carbocycles. The summed E-state index contributed by atoms with van der Waals surface area (Å²) in [5.74, 6) is 0.958. The van der Waals surface area contributed by atoms with Crippen molar-refractivity contribution in [1.82, 2.24) is 0 Å². The average molecular weight is 176 g/mol. The molecule has 1 aliphatic carbocycles. The summed E-state index contributed by atoms with van der Waals surface area (Å²) < 4.78 is 12.6. The minimum absolute atomic E-state index is 0.164. The molecule has 2 rings (SSSR count). The van der Waals surface area contributed by atoms with Crippen molar-refractivity contribution in [2.45, 2.75) is 19.3 Å². The molecule has 13 heavy (non-hydrogen) atoms. The van der Waals surface area contributed by atoms with Crippen molar-refractivity contribution in [1.29, 1.82) is 0 Å². The van der Waals surface area contributed by atoms with Crippen molar-refractivity contribution in [2.75, 3.05) is 0 Å². The van der Waals surface area contributed by atoms with Gasteiger partial charge in [0.05, 0.1) is 0 Å². The number of hydrogen-bond acceptors (Lipinski definition) is 0. The lowest BCUT2D eigenvalue weighted by molar-refractivity contribution is 0.626. The van der Waals surface area contributed by atoms with Crippen molar-refractivity contribution in [3.8, 4) is 0 Å². The predicted octanol–water partition coefficient (Wildman–Crippen LogP) is 3.51. The molecule has 0 amide bonds. The van der Waals surface area contributed by atoms with Gasteiger partial charge in [0.25, 0.3) is 0 Å². The normalized spacial score (nSPS) is 26.2. The topological polar surface area (TPSA) is 0 Å². The lowest BCUT2D eigenvalue weighted by Crippen LogP contribution is -1.82. The van der Waals surface area contributed by atoms with Gasteiger partial charge in [-0.3, -0.25) is 0 Å². The van der Waals surface area contributed by atoms with Crippen LogP contribution in [0.2, 0.25) is 0 Å². The van der Waals surface area contributed by atoms with Crippen LogP contribution >= 0.6 is 0 Å². The minimum Gasteiger partial charge on any atom is -0.207 e. The molecule has 2 unspecified atom stereocenters. The molecule has 0 nitrogen and oxygen atoms in total. The fourth-order valence-corrected chi connectivity index (χ4v) is 1.99. The molecule has 0 spiro atoms. The van der Waals surface area contributed by atoms with Gasteiger partial charge in [0, 0.05) is 5.92 Å². The Labute approximate surface area is 78.1 Å². The molecule has 68 valence electrons. The zero-order valence-corrected chi connectivity index (χ0v) is 7.76. The molecule has 1 fully saturated rings. The summed E-state index contributed by atoms with van der Waals surface area (Å²) in [4.78, 5) is 0. The summed E-state index contributed by atoms with van der Waals surface area (Å²) in [5.41, 5.74) is 2.51. The van der Waals surface area contributed by atoms with Gasteiger partial charge in [0.1, 0.15) is 5.82 Å². The number of hydrogen-bond donors (Lipinski definition) is 0. The van der Waals surface area contributed by atoms with E-state index in [1.165, 1.54) is 23.3 Å². The maximum Gasteiger partial charge on any atom is 0.123 e. The van der Waals surface area contributed by atoms with Crippen LogP contribution in [0.1, 0.15) is 24.8 Å². The van der Waals surface area contributed by atoms with Gasteiger partial charge in [0.15, 0.2) is 0 Å². The van der Waals surface area contributed by atoms with E-state index in [2.05, 4.69) is 13.5 Å². The Bertz CT molecular complexity index is 323. The van der Waals surface area contributed by atoms with E-state index < -0.39 is 0 Å². The van der Waals surface area contributed by atoms with Gasteiger partial charge in [-0.2, -0.15) is 0 Å². The Kier molecular flexibility index (Phi) is 1.95. The van der Waals surface area contributed by atoms with Gasteiger partial charge in [-0.25, -0.2) is 4.39 Å². The first-order valence-electron chi connectivity index (χ1n) is 4.68. The molecule has 0 N–H and O–H groups in total. The summed E-state index contributed by atoms with van der Waals surface area (Å²) in [6.07, 6.45) is 1.14. The average Bonchev–Trinajstić information content (AvgIpc) is 2.78. The van der Waals surface area contributed by atoms with E-state index in [9.17, 15) is 4.39 Å². The number of rotatable bonds is 2. The second-order valence-corrected chi connectivity index (χ2v) is 3.62. The highest BCUT2D eigenvalue weighted by atomic mass is 19.1. The summed E-state index contributed by atoms with van der Waals surface area (Å²) in [6.45, 7) is 6.17. The van der Waals surface area contributed by atoms with Crippen LogP contribution in [-0.2, 0) is 0 Å². The van der Waals surface area contributed by atoms with Crippen LogP contribution in [-0.4, -0.2) is 0 Å². The quantitative estimate of drug-likeness (QED) is 0.605. The Morgan fingerprint density at radius 1 is 1.31 bits per heavy atom. The second kappa shape index (κ2) is 2.99. The van der Waals surface area contributed by atoms with E-state index in [1.54, 1.807) is 0 Å². The molecule has 1 aromatic rings. The Morgan fingerprint density at radius 3 is 2.38 bits per heavy atom. The van der Waals surface area contributed by atoms with E-state index in [-0.39, 0.29) is 5.82 Å². The number of benzene rings is 1. The summed E-state index contributed by atoms with van der Waals surface area (Å²) in [5, 5.41) is 0.